The van der Waals surface area contributed by atoms with Gasteiger partial charge in [0.05, 0.1) is 11.6 Å². The molecule has 0 amide bonds. The van der Waals surface area contributed by atoms with E-state index in [1.165, 1.54) is 0 Å². The molecular weight excluding hydrogens is 272 g/mol. The smallest absolute Gasteiger partial charge is 0.178 e. The van der Waals surface area contributed by atoms with Crippen LogP contribution < -0.4 is 5.32 Å². The highest BCUT2D eigenvalue weighted by Gasteiger charge is 2.23. The number of hydrogen-bond acceptors (Lipinski definition) is 3. The number of nitrogens with zero attached hydrogens (tertiary/aromatic N) is 1. The van der Waals surface area contributed by atoms with Crippen LogP contribution in [0.25, 0.3) is 0 Å². The fourth-order valence-electron chi connectivity index (χ4n) is 2.81. The summed E-state index contributed by atoms with van der Waals surface area (Å²) >= 11 is 6.12. The lowest BCUT2D eigenvalue weighted by atomic mass is 10.0. The molecule has 0 atom stereocenters. The van der Waals surface area contributed by atoms with Crippen molar-refractivity contribution in [1.82, 2.24) is 10.2 Å². The van der Waals surface area contributed by atoms with Crippen LogP contribution in [-0.2, 0) is 0 Å². The third-order valence-corrected chi connectivity index (χ3v) is 4.19. The number of piperidine rings is 1. The number of hydrogen-bond donors (Lipinski definition) is 1. The Morgan fingerprint density at radius 2 is 2.05 bits per heavy atom. The molecule has 0 bridgehead atoms. The summed E-state index contributed by atoms with van der Waals surface area (Å²) < 4.78 is 0. The first-order chi connectivity index (χ1) is 9.72. The standard InChI is InChI=1S/C16H23ClN2O/c1-2-11-19(13-7-9-18-10-8-13)12-16(20)14-5-3-4-6-15(14)17/h3-6,13,18H,2,7-12H2,1H3. The molecule has 1 aliphatic rings. The Labute approximate surface area is 126 Å². The molecule has 0 spiro atoms. The molecule has 1 saturated heterocycles. The van der Waals surface area contributed by atoms with E-state index in [0.29, 0.717) is 23.2 Å². The SMILES string of the molecule is CCCN(CC(=O)c1ccccc1Cl)C1CCNCC1. The molecule has 0 unspecified atom stereocenters. The summed E-state index contributed by atoms with van der Waals surface area (Å²) in [5.41, 5.74) is 0.643. The van der Waals surface area contributed by atoms with Gasteiger partial charge in [-0.1, -0.05) is 30.7 Å². The molecule has 1 N–H and O–H groups in total. The number of Topliss-reactive ketones (excluding diaryl/α,β-unsaturated/α-hetero) is 1. The Morgan fingerprint density at radius 3 is 2.70 bits per heavy atom. The van der Waals surface area contributed by atoms with Crippen LogP contribution in [0, 0.1) is 0 Å². The maximum Gasteiger partial charge on any atom is 0.178 e. The van der Waals surface area contributed by atoms with Crippen molar-refractivity contribution in [3.63, 3.8) is 0 Å². The number of halogens is 1. The minimum Gasteiger partial charge on any atom is -0.317 e. The quantitative estimate of drug-likeness (QED) is 0.819. The Bertz CT molecular complexity index is 444. The molecule has 20 heavy (non-hydrogen) atoms. The van der Waals surface area contributed by atoms with Gasteiger partial charge in [0.25, 0.3) is 0 Å². The molecule has 1 fully saturated rings. The van der Waals surface area contributed by atoms with Crippen LogP contribution in [0.15, 0.2) is 24.3 Å². The fraction of sp³-hybridized carbons (Fsp3) is 0.562. The number of ketones is 1. The first-order valence-corrected chi connectivity index (χ1v) is 7.82. The molecule has 2 rings (SSSR count). The summed E-state index contributed by atoms with van der Waals surface area (Å²) in [6, 6.07) is 7.84. The molecule has 1 aromatic carbocycles. The monoisotopic (exact) mass is 294 g/mol. The van der Waals surface area contributed by atoms with Gasteiger partial charge in [-0.2, -0.15) is 0 Å². The lowest BCUT2D eigenvalue weighted by Gasteiger charge is -2.34. The van der Waals surface area contributed by atoms with Crippen molar-refractivity contribution >= 4 is 17.4 Å². The summed E-state index contributed by atoms with van der Waals surface area (Å²) in [5.74, 6) is 0.127. The minimum atomic E-state index is 0.127. The average Bonchev–Trinajstić information content (AvgIpc) is 2.48. The number of rotatable bonds is 6. The largest absolute Gasteiger partial charge is 0.317 e. The van der Waals surface area contributed by atoms with E-state index in [0.717, 1.165) is 38.9 Å². The van der Waals surface area contributed by atoms with Crippen molar-refractivity contribution in [2.75, 3.05) is 26.2 Å². The summed E-state index contributed by atoms with van der Waals surface area (Å²) in [5, 5.41) is 3.93. The highest BCUT2D eigenvalue weighted by Crippen LogP contribution is 2.18. The van der Waals surface area contributed by atoms with E-state index < -0.39 is 0 Å². The Kier molecular flexibility index (Phi) is 6.02. The van der Waals surface area contributed by atoms with E-state index in [1.54, 1.807) is 6.07 Å². The molecule has 0 saturated carbocycles. The lowest BCUT2D eigenvalue weighted by Crippen LogP contribution is -2.45. The van der Waals surface area contributed by atoms with Crippen molar-refractivity contribution in [2.45, 2.75) is 32.2 Å². The number of carbonyl (C=O) groups excluding carboxylic acids is 1. The third-order valence-electron chi connectivity index (χ3n) is 3.86. The topological polar surface area (TPSA) is 32.3 Å². The van der Waals surface area contributed by atoms with Crippen LogP contribution >= 0.6 is 11.6 Å². The molecule has 1 heterocycles. The predicted octanol–water partition coefficient (Wildman–Crippen LogP) is 2.99. The van der Waals surface area contributed by atoms with E-state index in [-0.39, 0.29) is 5.78 Å². The van der Waals surface area contributed by atoms with Gasteiger partial charge in [0.15, 0.2) is 5.78 Å². The maximum absolute atomic E-state index is 12.5. The molecular formula is C16H23ClN2O. The van der Waals surface area contributed by atoms with Crippen LogP contribution in [0.5, 0.6) is 0 Å². The van der Waals surface area contributed by atoms with E-state index in [2.05, 4.69) is 17.1 Å². The first-order valence-electron chi connectivity index (χ1n) is 7.45. The zero-order valence-electron chi connectivity index (χ0n) is 12.1. The fourth-order valence-corrected chi connectivity index (χ4v) is 3.05. The molecule has 110 valence electrons. The summed E-state index contributed by atoms with van der Waals surface area (Å²) in [6.45, 7) is 5.70. The Balaban J connectivity index is 2.03. The van der Waals surface area contributed by atoms with Crippen LogP contribution in [0.2, 0.25) is 5.02 Å². The van der Waals surface area contributed by atoms with Gasteiger partial charge >= 0.3 is 0 Å². The van der Waals surface area contributed by atoms with Gasteiger partial charge in [0.2, 0.25) is 0 Å². The van der Waals surface area contributed by atoms with Crippen molar-refractivity contribution in [2.24, 2.45) is 0 Å². The predicted molar refractivity (Wildman–Crippen MR) is 83.5 cm³/mol. The highest BCUT2D eigenvalue weighted by atomic mass is 35.5. The molecule has 1 aliphatic heterocycles. The second kappa shape index (κ2) is 7.77. The van der Waals surface area contributed by atoms with Crippen LogP contribution in [0.4, 0.5) is 0 Å². The summed E-state index contributed by atoms with van der Waals surface area (Å²) in [4.78, 5) is 14.8. The van der Waals surface area contributed by atoms with E-state index in [9.17, 15) is 4.79 Å². The van der Waals surface area contributed by atoms with Gasteiger partial charge < -0.3 is 5.32 Å². The van der Waals surface area contributed by atoms with Crippen LogP contribution in [-0.4, -0.2) is 42.9 Å². The van der Waals surface area contributed by atoms with Gasteiger partial charge in [0.1, 0.15) is 0 Å². The van der Waals surface area contributed by atoms with Gasteiger partial charge in [-0.25, -0.2) is 0 Å². The van der Waals surface area contributed by atoms with E-state index in [1.807, 2.05) is 18.2 Å². The van der Waals surface area contributed by atoms with E-state index in [4.69, 9.17) is 11.6 Å². The van der Waals surface area contributed by atoms with Crippen molar-refractivity contribution in [1.29, 1.82) is 0 Å². The van der Waals surface area contributed by atoms with Crippen molar-refractivity contribution < 1.29 is 4.79 Å². The maximum atomic E-state index is 12.5. The molecule has 3 nitrogen and oxygen atoms in total. The zero-order chi connectivity index (χ0) is 14.4. The molecule has 1 aromatic rings. The van der Waals surface area contributed by atoms with Crippen molar-refractivity contribution in [3.05, 3.63) is 34.9 Å². The van der Waals surface area contributed by atoms with Gasteiger partial charge in [0, 0.05) is 11.6 Å². The second-order valence-corrected chi connectivity index (χ2v) is 5.76. The Hall–Kier alpha value is -0.900. The summed E-state index contributed by atoms with van der Waals surface area (Å²) in [7, 11) is 0. The molecule has 0 aliphatic carbocycles. The summed E-state index contributed by atoms with van der Waals surface area (Å²) in [6.07, 6.45) is 3.31. The number of carbonyl (C=O) groups is 1. The number of nitrogens with one attached hydrogen (secondary N) is 1. The normalized spacial score (nSPS) is 16.6. The molecule has 0 radical (unpaired) electrons. The van der Waals surface area contributed by atoms with Gasteiger partial charge in [-0.3, -0.25) is 9.69 Å². The van der Waals surface area contributed by atoms with E-state index >= 15 is 0 Å². The molecule has 4 heteroatoms. The zero-order valence-corrected chi connectivity index (χ0v) is 12.8. The van der Waals surface area contributed by atoms with Crippen molar-refractivity contribution in [3.8, 4) is 0 Å². The third kappa shape index (κ3) is 4.05. The molecule has 0 aromatic heterocycles. The minimum absolute atomic E-state index is 0.127. The number of benzene rings is 1. The second-order valence-electron chi connectivity index (χ2n) is 5.35. The highest BCUT2D eigenvalue weighted by molar-refractivity contribution is 6.34. The van der Waals surface area contributed by atoms with Gasteiger partial charge in [-0.15, -0.1) is 0 Å². The average molecular weight is 295 g/mol. The Morgan fingerprint density at radius 1 is 1.35 bits per heavy atom. The van der Waals surface area contributed by atoms with Gasteiger partial charge in [-0.05, 0) is 51.0 Å². The van der Waals surface area contributed by atoms with Crippen LogP contribution in [0.3, 0.4) is 0 Å². The first kappa shape index (κ1) is 15.5. The van der Waals surface area contributed by atoms with Crippen LogP contribution in [0.1, 0.15) is 36.5 Å². The lowest BCUT2D eigenvalue weighted by molar-refractivity contribution is 0.0865.